The summed E-state index contributed by atoms with van der Waals surface area (Å²) in [7, 11) is 2.07. The van der Waals surface area contributed by atoms with E-state index in [1.165, 1.54) is 24.0 Å². The lowest BCUT2D eigenvalue weighted by atomic mass is 9.93. The first kappa shape index (κ1) is 12.9. The number of nitrogens with one attached hydrogen (secondary N) is 1. The van der Waals surface area contributed by atoms with E-state index in [1.807, 2.05) is 0 Å². The molecule has 1 N–H and O–H groups in total. The molecule has 3 heteroatoms. The van der Waals surface area contributed by atoms with Gasteiger partial charge in [0.05, 0.1) is 13.2 Å². The molecule has 1 aromatic carbocycles. The molecule has 1 fully saturated rings. The molecule has 2 heterocycles. The van der Waals surface area contributed by atoms with Crippen LogP contribution in [0.1, 0.15) is 24.0 Å². The lowest BCUT2D eigenvalue weighted by molar-refractivity contribution is 0.176. The number of ether oxygens (including phenoxy) is 2. The molecule has 2 aliphatic rings. The van der Waals surface area contributed by atoms with Gasteiger partial charge in [0.2, 0.25) is 0 Å². The number of hydrogen-bond acceptors (Lipinski definition) is 3. The molecule has 0 spiro atoms. The summed E-state index contributed by atoms with van der Waals surface area (Å²) in [6.45, 7) is 2.69. The standard InChI is InChI=1S/C16H23NO2/c1-17-15(14-6-8-18-11-14)4-2-12-3-5-16-13(10-12)7-9-19-16/h3,5,10,14-15,17H,2,4,6-9,11H2,1H3. The molecule has 2 atom stereocenters. The molecule has 2 aliphatic heterocycles. The molecule has 2 unspecified atom stereocenters. The monoisotopic (exact) mass is 261 g/mol. The van der Waals surface area contributed by atoms with Crippen LogP contribution in [-0.4, -0.2) is 32.9 Å². The minimum atomic E-state index is 0.576. The van der Waals surface area contributed by atoms with Gasteiger partial charge in [0.25, 0.3) is 0 Å². The van der Waals surface area contributed by atoms with Gasteiger partial charge < -0.3 is 14.8 Å². The Balaban J connectivity index is 1.58. The summed E-state index contributed by atoms with van der Waals surface area (Å²) in [6, 6.07) is 7.24. The normalized spacial score (nSPS) is 23.1. The van der Waals surface area contributed by atoms with Gasteiger partial charge in [-0.25, -0.2) is 0 Å². The van der Waals surface area contributed by atoms with Crippen LogP contribution in [0.3, 0.4) is 0 Å². The van der Waals surface area contributed by atoms with Gasteiger partial charge in [0, 0.05) is 19.1 Å². The zero-order valence-corrected chi connectivity index (χ0v) is 11.7. The third-order valence-electron chi connectivity index (χ3n) is 4.40. The third-order valence-corrected chi connectivity index (χ3v) is 4.40. The first-order valence-corrected chi connectivity index (χ1v) is 7.36. The van der Waals surface area contributed by atoms with Gasteiger partial charge in [0.15, 0.2) is 0 Å². The maximum atomic E-state index is 5.55. The van der Waals surface area contributed by atoms with E-state index >= 15 is 0 Å². The molecule has 0 bridgehead atoms. The molecule has 1 aromatic rings. The Morgan fingerprint density at radius 1 is 1.37 bits per heavy atom. The summed E-state index contributed by atoms with van der Waals surface area (Å²) < 4.78 is 11.0. The second kappa shape index (κ2) is 5.93. The van der Waals surface area contributed by atoms with E-state index in [4.69, 9.17) is 9.47 Å². The summed E-state index contributed by atoms with van der Waals surface area (Å²) in [5.74, 6) is 1.76. The molecule has 3 rings (SSSR count). The van der Waals surface area contributed by atoms with Crippen LogP contribution in [0.4, 0.5) is 0 Å². The van der Waals surface area contributed by atoms with Crippen LogP contribution >= 0.6 is 0 Å². The molecule has 3 nitrogen and oxygen atoms in total. The fourth-order valence-electron chi connectivity index (χ4n) is 3.20. The number of hydrogen-bond donors (Lipinski definition) is 1. The molecule has 0 saturated carbocycles. The van der Waals surface area contributed by atoms with Crippen molar-refractivity contribution in [2.24, 2.45) is 5.92 Å². The number of rotatable bonds is 5. The largest absolute Gasteiger partial charge is 0.493 e. The molecule has 0 radical (unpaired) electrons. The van der Waals surface area contributed by atoms with Crippen LogP contribution in [0, 0.1) is 5.92 Å². The molecule has 19 heavy (non-hydrogen) atoms. The Labute approximate surface area is 115 Å². The highest BCUT2D eigenvalue weighted by molar-refractivity contribution is 5.39. The van der Waals surface area contributed by atoms with Gasteiger partial charge in [-0.2, -0.15) is 0 Å². The van der Waals surface area contributed by atoms with Crippen molar-refractivity contribution in [1.82, 2.24) is 5.32 Å². The van der Waals surface area contributed by atoms with E-state index in [2.05, 4.69) is 30.6 Å². The molecule has 0 aromatic heterocycles. The fraction of sp³-hybridized carbons (Fsp3) is 0.625. The zero-order valence-electron chi connectivity index (χ0n) is 11.7. The first-order valence-electron chi connectivity index (χ1n) is 7.36. The Bertz CT molecular complexity index is 427. The number of aryl methyl sites for hydroxylation is 1. The van der Waals surface area contributed by atoms with E-state index in [9.17, 15) is 0 Å². The summed E-state index contributed by atoms with van der Waals surface area (Å²) in [4.78, 5) is 0. The fourth-order valence-corrected chi connectivity index (χ4v) is 3.20. The zero-order chi connectivity index (χ0) is 13.1. The summed E-state index contributed by atoms with van der Waals surface area (Å²) in [6.07, 6.45) is 4.58. The van der Waals surface area contributed by atoms with Crippen LogP contribution in [0.25, 0.3) is 0 Å². The average Bonchev–Trinajstić information content (AvgIpc) is 3.10. The van der Waals surface area contributed by atoms with Crippen molar-refractivity contribution in [3.63, 3.8) is 0 Å². The van der Waals surface area contributed by atoms with Crippen molar-refractivity contribution in [3.05, 3.63) is 29.3 Å². The average molecular weight is 261 g/mol. The summed E-state index contributed by atoms with van der Waals surface area (Å²) in [5, 5.41) is 3.46. The predicted molar refractivity (Wildman–Crippen MR) is 75.7 cm³/mol. The van der Waals surface area contributed by atoms with E-state index in [0.717, 1.165) is 38.4 Å². The van der Waals surface area contributed by atoms with Gasteiger partial charge >= 0.3 is 0 Å². The molecule has 104 valence electrons. The van der Waals surface area contributed by atoms with Crippen LogP contribution < -0.4 is 10.1 Å². The number of fused-ring (bicyclic) bond motifs is 1. The Morgan fingerprint density at radius 2 is 2.32 bits per heavy atom. The molecule has 0 amide bonds. The van der Waals surface area contributed by atoms with Gasteiger partial charge in [-0.3, -0.25) is 0 Å². The minimum absolute atomic E-state index is 0.576. The highest BCUT2D eigenvalue weighted by Gasteiger charge is 2.24. The highest BCUT2D eigenvalue weighted by atomic mass is 16.5. The molecule has 0 aliphatic carbocycles. The summed E-state index contributed by atoms with van der Waals surface area (Å²) >= 11 is 0. The molecular formula is C16H23NO2. The van der Waals surface area contributed by atoms with E-state index in [0.29, 0.717) is 12.0 Å². The van der Waals surface area contributed by atoms with Crippen molar-refractivity contribution in [2.75, 3.05) is 26.9 Å². The van der Waals surface area contributed by atoms with Gasteiger partial charge in [-0.05, 0) is 49.4 Å². The predicted octanol–water partition coefficient (Wildman–Crippen LogP) is 2.18. The molecule has 1 saturated heterocycles. The first-order chi connectivity index (χ1) is 9.36. The van der Waals surface area contributed by atoms with Gasteiger partial charge in [0.1, 0.15) is 5.75 Å². The van der Waals surface area contributed by atoms with Crippen LogP contribution in [-0.2, 0) is 17.6 Å². The lowest BCUT2D eigenvalue weighted by Gasteiger charge is -2.21. The van der Waals surface area contributed by atoms with E-state index in [-0.39, 0.29) is 0 Å². The van der Waals surface area contributed by atoms with Crippen LogP contribution in [0.5, 0.6) is 5.75 Å². The number of benzene rings is 1. The Hall–Kier alpha value is -1.06. The molecular weight excluding hydrogens is 238 g/mol. The lowest BCUT2D eigenvalue weighted by Crippen LogP contribution is -2.34. The quantitative estimate of drug-likeness (QED) is 0.881. The summed E-state index contributed by atoms with van der Waals surface area (Å²) in [5.41, 5.74) is 2.81. The minimum Gasteiger partial charge on any atom is -0.493 e. The van der Waals surface area contributed by atoms with Gasteiger partial charge in [-0.15, -0.1) is 0 Å². The van der Waals surface area contributed by atoms with Crippen LogP contribution in [0.2, 0.25) is 0 Å². The van der Waals surface area contributed by atoms with E-state index in [1.54, 1.807) is 0 Å². The van der Waals surface area contributed by atoms with Crippen LogP contribution in [0.15, 0.2) is 18.2 Å². The maximum absolute atomic E-state index is 5.55. The third kappa shape index (κ3) is 2.93. The highest BCUT2D eigenvalue weighted by Crippen LogP contribution is 2.27. The smallest absolute Gasteiger partial charge is 0.122 e. The van der Waals surface area contributed by atoms with Crippen molar-refractivity contribution in [1.29, 1.82) is 0 Å². The van der Waals surface area contributed by atoms with Gasteiger partial charge in [-0.1, -0.05) is 12.1 Å². The Morgan fingerprint density at radius 3 is 3.11 bits per heavy atom. The second-order valence-electron chi connectivity index (χ2n) is 5.60. The van der Waals surface area contributed by atoms with Crippen molar-refractivity contribution in [2.45, 2.75) is 31.7 Å². The topological polar surface area (TPSA) is 30.5 Å². The SMILES string of the molecule is CNC(CCc1ccc2c(c1)CCO2)C1CCOC1. The van der Waals surface area contributed by atoms with Crippen molar-refractivity contribution >= 4 is 0 Å². The Kier molecular flexibility index (Phi) is 4.04. The van der Waals surface area contributed by atoms with Crippen molar-refractivity contribution in [3.8, 4) is 5.75 Å². The second-order valence-corrected chi connectivity index (χ2v) is 5.60. The van der Waals surface area contributed by atoms with E-state index < -0.39 is 0 Å². The maximum Gasteiger partial charge on any atom is 0.122 e. The van der Waals surface area contributed by atoms with Crippen molar-refractivity contribution < 1.29 is 9.47 Å².